The van der Waals surface area contributed by atoms with Crippen LogP contribution in [0.5, 0.6) is 0 Å². The van der Waals surface area contributed by atoms with Crippen LogP contribution in [-0.4, -0.2) is 207 Å². The van der Waals surface area contributed by atoms with E-state index in [4.69, 9.17) is 28.4 Å². The van der Waals surface area contributed by atoms with Crippen LogP contribution < -0.4 is 10.6 Å². The van der Waals surface area contributed by atoms with Gasteiger partial charge in [0.05, 0.1) is 26.4 Å². The number of amides is 2. The highest BCUT2D eigenvalue weighted by Crippen LogP contribution is 2.31. The van der Waals surface area contributed by atoms with Gasteiger partial charge in [-0.1, -0.05) is 0 Å². The molecule has 0 aliphatic carbocycles. The van der Waals surface area contributed by atoms with E-state index in [-0.39, 0.29) is 51.2 Å². The second-order valence-corrected chi connectivity index (χ2v) is 13.0. The third-order valence-corrected chi connectivity index (χ3v) is 8.85. The lowest BCUT2D eigenvalue weighted by Gasteiger charge is -2.46. The van der Waals surface area contributed by atoms with Gasteiger partial charge in [0.15, 0.2) is 18.9 Å². The lowest BCUT2D eigenvalue weighted by Crippen LogP contribution is -2.65. The molecule has 0 radical (unpaired) electrons. The Morgan fingerprint density at radius 3 is 1.79 bits per heavy atom. The van der Waals surface area contributed by atoms with Crippen molar-refractivity contribution >= 4 is 23.9 Å². The number of rotatable bonds is 20. The second kappa shape index (κ2) is 21.7. The summed E-state index contributed by atoms with van der Waals surface area (Å²) in [7, 11) is 0. The van der Waals surface area contributed by atoms with Crippen molar-refractivity contribution in [1.82, 2.24) is 10.6 Å². The smallest absolute Gasteiger partial charge is 0.220 e. The molecule has 12 N–H and O–H groups in total. The van der Waals surface area contributed by atoms with Gasteiger partial charge in [-0.05, 0) is 13.3 Å². The molecule has 3 aliphatic heterocycles. The first kappa shape index (κ1) is 45.0. The molecule has 2 amide bonds. The molecule has 53 heavy (non-hydrogen) atoms. The molecule has 3 aliphatic rings. The van der Waals surface area contributed by atoms with Crippen molar-refractivity contribution in [1.29, 1.82) is 0 Å². The fraction of sp³-hybridized carbons (Fsp3) is 0.871. The van der Waals surface area contributed by atoms with Gasteiger partial charge in [0, 0.05) is 38.3 Å². The van der Waals surface area contributed by atoms with E-state index in [1.165, 1.54) is 6.92 Å². The van der Waals surface area contributed by atoms with E-state index in [0.29, 0.717) is 6.29 Å². The molecule has 10 unspecified atom stereocenters. The predicted molar refractivity (Wildman–Crippen MR) is 170 cm³/mol. The highest BCUT2D eigenvalue weighted by atomic mass is 16.7. The molecule has 22 nitrogen and oxygen atoms in total. The van der Waals surface area contributed by atoms with Crippen LogP contribution in [0.25, 0.3) is 0 Å². The zero-order valence-electron chi connectivity index (χ0n) is 28.9. The van der Waals surface area contributed by atoms with E-state index in [1.54, 1.807) is 0 Å². The largest absolute Gasteiger partial charge is 0.394 e. The highest BCUT2D eigenvalue weighted by molar-refractivity contribution is 5.83. The number of carbonyl (C=O) groups excluding carboxylic acids is 4. The number of aldehydes is 1. The molecule has 0 aromatic heterocycles. The maximum Gasteiger partial charge on any atom is 0.220 e. The van der Waals surface area contributed by atoms with Gasteiger partial charge in [-0.15, -0.1) is 0 Å². The number of carbonyl (C=O) groups is 4. The van der Waals surface area contributed by atoms with Crippen molar-refractivity contribution in [3.8, 4) is 0 Å². The Hall–Kier alpha value is -2.36. The molecule has 3 saturated heterocycles. The Kier molecular flexibility index (Phi) is 18.4. The van der Waals surface area contributed by atoms with Crippen molar-refractivity contribution in [2.75, 3.05) is 39.5 Å². The molecule has 0 aromatic rings. The molecule has 0 aromatic carbocycles. The minimum Gasteiger partial charge on any atom is -0.394 e. The first-order valence-corrected chi connectivity index (χ1v) is 17.1. The maximum atomic E-state index is 12.3. The van der Waals surface area contributed by atoms with Crippen molar-refractivity contribution in [3.63, 3.8) is 0 Å². The Labute approximate surface area is 303 Å². The summed E-state index contributed by atoms with van der Waals surface area (Å²) in [6, 6.07) is 0. The summed E-state index contributed by atoms with van der Waals surface area (Å²) in [5.74, 6) is -1.83. The van der Waals surface area contributed by atoms with Crippen molar-refractivity contribution in [3.05, 3.63) is 0 Å². The van der Waals surface area contributed by atoms with E-state index >= 15 is 0 Å². The summed E-state index contributed by atoms with van der Waals surface area (Å²) in [6.45, 7) is -1.15. The lowest BCUT2D eigenvalue weighted by atomic mass is 9.96. The zero-order valence-corrected chi connectivity index (χ0v) is 28.9. The van der Waals surface area contributed by atoms with Crippen LogP contribution in [0.4, 0.5) is 0 Å². The standard InChI is InChI=1S/C31H52N2O20/c1-13(37)7-14(9-34)8-19(39)32-4-2-3-18(38)33-5-6-48-30-27(47)28(53-31-26(46)24(44)21(41)16(11-36)51-31)22(42)17(52-30)12-49-29-25(45)23(43)20(40)15(10-35)50-29/h9,14-17,20-31,35-36,40-47H,2-8,10-12H2,1H3,(H,32,39)(H,33,38)/t14?,15?,16?,17?,20-,21-,22-,23?,24?,25?,26?,27?,28?,29+,30+,31-/m1/s1. The molecule has 0 saturated carbocycles. The molecule has 3 fully saturated rings. The summed E-state index contributed by atoms with van der Waals surface area (Å²) in [6.07, 6.45) is -24.8. The van der Waals surface area contributed by atoms with Gasteiger partial charge in [0.2, 0.25) is 11.8 Å². The number of aliphatic hydroxyl groups excluding tert-OH is 10. The fourth-order valence-corrected chi connectivity index (χ4v) is 5.85. The van der Waals surface area contributed by atoms with Crippen LogP contribution in [0.2, 0.25) is 0 Å². The number of hydrogen-bond donors (Lipinski definition) is 12. The Balaban J connectivity index is 1.57. The SMILES string of the molecule is CC(=O)CC(C=O)CC(=O)NCCCC(=O)NCCO[C@H]1OC(CO[C@H]2OC(CO)[C@@H](O)C(O)C2O)[C@@H](O)C(O[C@H]2OC(CO)[C@@H](O)C(O)C2O)C1O. The highest BCUT2D eigenvalue weighted by Gasteiger charge is 2.52. The third kappa shape index (κ3) is 12.6. The normalized spacial score (nSPS) is 38.1. The van der Waals surface area contributed by atoms with Gasteiger partial charge in [0.1, 0.15) is 85.3 Å². The number of ketones is 1. The van der Waals surface area contributed by atoms with Crippen LogP contribution in [0.3, 0.4) is 0 Å². The van der Waals surface area contributed by atoms with Gasteiger partial charge in [-0.25, -0.2) is 0 Å². The summed E-state index contributed by atoms with van der Waals surface area (Å²) in [5, 5.41) is 108. The first-order chi connectivity index (χ1) is 25.1. The average molecular weight is 773 g/mol. The topological polar surface area (TPSA) is 350 Å². The molecule has 0 bridgehead atoms. The van der Waals surface area contributed by atoms with E-state index in [9.17, 15) is 70.2 Å². The number of hydrogen-bond acceptors (Lipinski definition) is 20. The summed E-state index contributed by atoms with van der Waals surface area (Å²) < 4.78 is 33.0. The van der Waals surface area contributed by atoms with E-state index in [1.807, 2.05) is 0 Å². The van der Waals surface area contributed by atoms with Crippen LogP contribution in [-0.2, 0) is 47.6 Å². The van der Waals surface area contributed by atoms with Crippen LogP contribution in [0, 0.1) is 5.92 Å². The molecule has 0 spiro atoms. The summed E-state index contributed by atoms with van der Waals surface area (Å²) in [4.78, 5) is 46.5. The minimum absolute atomic E-state index is 0.00798. The maximum absolute atomic E-state index is 12.3. The molecule has 306 valence electrons. The molecular weight excluding hydrogens is 720 g/mol. The zero-order chi connectivity index (χ0) is 39.4. The lowest BCUT2D eigenvalue weighted by molar-refractivity contribution is -0.366. The van der Waals surface area contributed by atoms with E-state index in [2.05, 4.69) is 10.6 Å². The van der Waals surface area contributed by atoms with Gasteiger partial charge in [-0.2, -0.15) is 0 Å². The van der Waals surface area contributed by atoms with E-state index < -0.39 is 130 Å². The monoisotopic (exact) mass is 772 g/mol. The molecule has 22 heteroatoms. The first-order valence-electron chi connectivity index (χ1n) is 17.1. The van der Waals surface area contributed by atoms with E-state index in [0.717, 1.165) is 0 Å². The number of nitrogens with one attached hydrogen (secondary N) is 2. The predicted octanol–water partition coefficient (Wildman–Crippen LogP) is -7.35. The van der Waals surface area contributed by atoms with Gasteiger partial charge < -0.3 is 99.7 Å². The average Bonchev–Trinajstić information content (AvgIpc) is 3.13. The summed E-state index contributed by atoms with van der Waals surface area (Å²) >= 11 is 0. The van der Waals surface area contributed by atoms with Crippen LogP contribution >= 0.6 is 0 Å². The second-order valence-electron chi connectivity index (χ2n) is 13.0. The molecule has 3 heterocycles. The minimum atomic E-state index is -1.92. The Morgan fingerprint density at radius 1 is 0.660 bits per heavy atom. The molecule has 3 rings (SSSR count). The van der Waals surface area contributed by atoms with Crippen LogP contribution in [0.15, 0.2) is 0 Å². The van der Waals surface area contributed by atoms with Crippen molar-refractivity contribution in [2.45, 2.75) is 125 Å². The van der Waals surface area contributed by atoms with Gasteiger partial charge in [0.25, 0.3) is 0 Å². The van der Waals surface area contributed by atoms with Crippen LogP contribution in [0.1, 0.15) is 32.6 Å². The van der Waals surface area contributed by atoms with Crippen molar-refractivity contribution in [2.24, 2.45) is 5.92 Å². The third-order valence-electron chi connectivity index (χ3n) is 8.85. The summed E-state index contributed by atoms with van der Waals surface area (Å²) in [5.41, 5.74) is 0. The molecule has 16 atom stereocenters. The number of Topliss-reactive ketones (excluding diaryl/α,β-unsaturated/α-hetero) is 1. The van der Waals surface area contributed by atoms with Crippen molar-refractivity contribution < 1.29 is 98.7 Å². The number of ether oxygens (including phenoxy) is 6. The fourth-order valence-electron chi connectivity index (χ4n) is 5.85. The Morgan fingerprint density at radius 2 is 1.21 bits per heavy atom. The quantitative estimate of drug-likeness (QED) is 0.0404. The number of aliphatic hydroxyl groups is 10. The van der Waals surface area contributed by atoms with Gasteiger partial charge >= 0.3 is 0 Å². The molecular formula is C31H52N2O20. The van der Waals surface area contributed by atoms with Gasteiger partial charge in [-0.3, -0.25) is 9.59 Å². The Bertz CT molecular complexity index is 1160.